The van der Waals surface area contributed by atoms with Crippen molar-refractivity contribution in [3.63, 3.8) is 0 Å². The maximum absolute atomic E-state index is 12.6. The third-order valence-corrected chi connectivity index (χ3v) is 4.29. The first-order chi connectivity index (χ1) is 13.0. The molecule has 6 nitrogen and oxygen atoms in total. The first-order valence-electron chi connectivity index (χ1n) is 8.83. The number of aryl methyl sites for hydroxylation is 1. The van der Waals surface area contributed by atoms with Gasteiger partial charge in [-0.25, -0.2) is 0 Å². The molecule has 1 heterocycles. The number of aromatic nitrogens is 2. The number of nitrogens with zero attached hydrogens (tertiary/aromatic N) is 2. The third kappa shape index (κ3) is 4.34. The molecule has 0 saturated heterocycles. The van der Waals surface area contributed by atoms with Crippen molar-refractivity contribution in [2.45, 2.75) is 26.8 Å². The van der Waals surface area contributed by atoms with Crippen LogP contribution in [0.3, 0.4) is 0 Å². The van der Waals surface area contributed by atoms with Crippen LogP contribution in [-0.4, -0.2) is 23.2 Å². The average molecular weight is 365 g/mol. The molecule has 0 aliphatic rings. The number of nitrogens with one attached hydrogen (secondary N) is 1. The van der Waals surface area contributed by atoms with Gasteiger partial charge in [0, 0.05) is 11.1 Å². The Kier molecular flexibility index (Phi) is 5.54. The number of rotatable bonds is 6. The largest absolute Gasteiger partial charge is 0.497 e. The lowest BCUT2D eigenvalue weighted by atomic mass is 10.0. The van der Waals surface area contributed by atoms with E-state index in [0.717, 1.165) is 16.9 Å². The number of carbonyl (C=O) groups is 1. The van der Waals surface area contributed by atoms with Gasteiger partial charge in [-0.15, -0.1) is 0 Å². The van der Waals surface area contributed by atoms with Crippen LogP contribution in [0, 0.1) is 12.8 Å². The molecule has 1 N–H and O–H groups in total. The second-order valence-corrected chi connectivity index (χ2v) is 6.75. The molecule has 27 heavy (non-hydrogen) atoms. The molecule has 1 atom stereocenters. The van der Waals surface area contributed by atoms with Crippen LogP contribution in [-0.2, 0) is 0 Å². The van der Waals surface area contributed by atoms with Crippen molar-refractivity contribution in [3.05, 3.63) is 65.5 Å². The molecule has 0 spiro atoms. The minimum Gasteiger partial charge on any atom is -0.497 e. The molecule has 140 valence electrons. The normalized spacial score (nSPS) is 12.0. The minimum atomic E-state index is -0.377. The summed E-state index contributed by atoms with van der Waals surface area (Å²) in [6, 6.07) is 14.5. The molecule has 0 aliphatic carbocycles. The topological polar surface area (TPSA) is 77.3 Å². The molecule has 0 radical (unpaired) electrons. The molecule has 0 saturated carbocycles. The molecular formula is C21H23N3O3. The van der Waals surface area contributed by atoms with Crippen molar-refractivity contribution < 1.29 is 14.1 Å². The van der Waals surface area contributed by atoms with Gasteiger partial charge in [0.15, 0.2) is 0 Å². The Hall–Kier alpha value is -3.15. The Labute approximate surface area is 158 Å². The average Bonchev–Trinajstić information content (AvgIpc) is 3.15. The number of benzene rings is 2. The van der Waals surface area contributed by atoms with Gasteiger partial charge in [-0.3, -0.25) is 4.79 Å². The number of ether oxygens (including phenoxy) is 1. The molecule has 3 rings (SSSR count). The highest BCUT2D eigenvalue weighted by atomic mass is 16.5. The van der Waals surface area contributed by atoms with Gasteiger partial charge in [-0.2, -0.15) is 4.98 Å². The predicted molar refractivity (Wildman–Crippen MR) is 103 cm³/mol. The van der Waals surface area contributed by atoms with Crippen molar-refractivity contribution in [2.24, 2.45) is 5.92 Å². The first-order valence-corrected chi connectivity index (χ1v) is 8.83. The third-order valence-electron chi connectivity index (χ3n) is 4.29. The lowest BCUT2D eigenvalue weighted by molar-refractivity contribution is 0.0914. The Morgan fingerprint density at radius 1 is 1.15 bits per heavy atom. The molecular weight excluding hydrogens is 342 g/mol. The zero-order chi connectivity index (χ0) is 19.4. The predicted octanol–water partition coefficient (Wildman–Crippen LogP) is 4.18. The fraction of sp³-hybridized carbons (Fsp3) is 0.286. The van der Waals surface area contributed by atoms with E-state index in [0.29, 0.717) is 17.3 Å². The van der Waals surface area contributed by atoms with Crippen molar-refractivity contribution in [1.82, 2.24) is 15.5 Å². The number of methoxy groups -OCH3 is 1. The highest BCUT2D eigenvalue weighted by molar-refractivity contribution is 5.94. The molecule has 0 unspecified atom stereocenters. The van der Waals surface area contributed by atoms with E-state index in [-0.39, 0.29) is 17.9 Å². The summed E-state index contributed by atoms with van der Waals surface area (Å²) >= 11 is 0. The molecule has 6 heteroatoms. The lowest BCUT2D eigenvalue weighted by Crippen LogP contribution is -2.32. The van der Waals surface area contributed by atoms with Crippen LogP contribution in [0.1, 0.15) is 41.7 Å². The Morgan fingerprint density at radius 2 is 1.89 bits per heavy atom. The molecule has 2 aromatic carbocycles. The van der Waals surface area contributed by atoms with Gasteiger partial charge in [-0.05, 0) is 49.2 Å². The van der Waals surface area contributed by atoms with Gasteiger partial charge in [0.25, 0.3) is 5.91 Å². The first kappa shape index (κ1) is 18.6. The summed E-state index contributed by atoms with van der Waals surface area (Å²) in [5.74, 6) is 1.54. The van der Waals surface area contributed by atoms with Crippen molar-refractivity contribution in [3.8, 4) is 17.1 Å². The van der Waals surface area contributed by atoms with Crippen LogP contribution in [0.15, 0.2) is 53.1 Å². The van der Waals surface area contributed by atoms with Crippen molar-refractivity contribution in [1.29, 1.82) is 0 Å². The smallest absolute Gasteiger partial charge is 0.251 e. The SMILES string of the molecule is COc1ccc(-c2noc([C@@H](NC(=O)c3cccc(C)c3)C(C)C)n2)cc1. The Morgan fingerprint density at radius 3 is 2.52 bits per heavy atom. The van der Waals surface area contributed by atoms with Gasteiger partial charge < -0.3 is 14.6 Å². The molecule has 1 aromatic heterocycles. The Bertz CT molecular complexity index is 916. The van der Waals surface area contributed by atoms with E-state index in [9.17, 15) is 4.79 Å². The van der Waals surface area contributed by atoms with Gasteiger partial charge >= 0.3 is 0 Å². The monoisotopic (exact) mass is 365 g/mol. The van der Waals surface area contributed by atoms with Crippen molar-refractivity contribution in [2.75, 3.05) is 7.11 Å². The van der Waals surface area contributed by atoms with E-state index >= 15 is 0 Å². The summed E-state index contributed by atoms with van der Waals surface area (Å²) in [5, 5.41) is 7.07. The number of hydrogen-bond donors (Lipinski definition) is 1. The fourth-order valence-corrected chi connectivity index (χ4v) is 2.74. The number of hydrogen-bond acceptors (Lipinski definition) is 5. The van der Waals surface area contributed by atoms with E-state index < -0.39 is 0 Å². The second kappa shape index (κ2) is 8.03. The standard InChI is InChI=1S/C21H23N3O3/c1-13(2)18(22-20(25)16-7-5-6-14(3)12-16)21-23-19(24-27-21)15-8-10-17(26-4)11-9-15/h5-13,18H,1-4H3,(H,22,25)/t18-/m0/s1. The van der Waals surface area contributed by atoms with Gasteiger partial charge in [-0.1, -0.05) is 36.7 Å². The molecule has 1 amide bonds. The minimum absolute atomic E-state index is 0.0860. The van der Waals surface area contributed by atoms with E-state index in [1.165, 1.54) is 0 Å². The summed E-state index contributed by atoms with van der Waals surface area (Å²) in [5.41, 5.74) is 2.46. The van der Waals surface area contributed by atoms with Crippen LogP contribution in [0.4, 0.5) is 0 Å². The lowest BCUT2D eigenvalue weighted by Gasteiger charge is -2.18. The Balaban J connectivity index is 1.81. The fourth-order valence-electron chi connectivity index (χ4n) is 2.74. The van der Waals surface area contributed by atoms with Crippen LogP contribution in [0.25, 0.3) is 11.4 Å². The molecule has 0 bridgehead atoms. The highest BCUT2D eigenvalue weighted by Gasteiger charge is 2.25. The van der Waals surface area contributed by atoms with Crippen LogP contribution in [0.2, 0.25) is 0 Å². The number of amides is 1. The second-order valence-electron chi connectivity index (χ2n) is 6.75. The van der Waals surface area contributed by atoms with E-state index in [4.69, 9.17) is 9.26 Å². The zero-order valence-corrected chi connectivity index (χ0v) is 15.9. The molecule has 3 aromatic rings. The van der Waals surface area contributed by atoms with Gasteiger partial charge in [0.05, 0.1) is 7.11 Å². The highest BCUT2D eigenvalue weighted by Crippen LogP contribution is 2.25. The van der Waals surface area contributed by atoms with Crippen LogP contribution in [0.5, 0.6) is 5.75 Å². The van der Waals surface area contributed by atoms with Crippen LogP contribution >= 0.6 is 0 Å². The van der Waals surface area contributed by atoms with E-state index in [2.05, 4.69) is 15.5 Å². The number of carbonyl (C=O) groups excluding carboxylic acids is 1. The van der Waals surface area contributed by atoms with E-state index in [1.54, 1.807) is 13.2 Å². The molecule has 0 aliphatic heterocycles. The maximum atomic E-state index is 12.6. The van der Waals surface area contributed by atoms with E-state index in [1.807, 2.05) is 63.2 Å². The summed E-state index contributed by atoms with van der Waals surface area (Å²) in [4.78, 5) is 17.1. The summed E-state index contributed by atoms with van der Waals surface area (Å²) < 4.78 is 10.6. The zero-order valence-electron chi connectivity index (χ0n) is 15.9. The maximum Gasteiger partial charge on any atom is 0.251 e. The summed E-state index contributed by atoms with van der Waals surface area (Å²) in [6.07, 6.45) is 0. The summed E-state index contributed by atoms with van der Waals surface area (Å²) in [7, 11) is 1.62. The van der Waals surface area contributed by atoms with Gasteiger partial charge in [0.1, 0.15) is 11.8 Å². The van der Waals surface area contributed by atoms with Gasteiger partial charge in [0.2, 0.25) is 11.7 Å². The molecule has 0 fully saturated rings. The quantitative estimate of drug-likeness (QED) is 0.709. The summed E-state index contributed by atoms with van der Waals surface area (Å²) in [6.45, 7) is 5.95. The van der Waals surface area contributed by atoms with Crippen molar-refractivity contribution >= 4 is 5.91 Å². The van der Waals surface area contributed by atoms with Crippen LogP contribution < -0.4 is 10.1 Å².